The number of fused-ring (bicyclic) bond motifs is 1. The van der Waals surface area contributed by atoms with E-state index in [4.69, 9.17) is 16.3 Å². The minimum absolute atomic E-state index is 0.116. The Morgan fingerprint density at radius 3 is 2.60 bits per heavy atom. The molecule has 2 aromatic rings. The summed E-state index contributed by atoms with van der Waals surface area (Å²) >= 11 is 5.90. The maximum Gasteiger partial charge on any atom is 0.281 e. The lowest BCUT2D eigenvalue weighted by molar-refractivity contribution is -0.0744. The second-order valence-corrected chi connectivity index (χ2v) is 4.95. The van der Waals surface area contributed by atoms with Crippen molar-refractivity contribution in [2.45, 2.75) is 12.3 Å². The van der Waals surface area contributed by atoms with Gasteiger partial charge in [0.1, 0.15) is 10.8 Å². The van der Waals surface area contributed by atoms with Gasteiger partial charge in [-0.05, 0) is 12.1 Å². The molecule has 3 rings (SSSR count). The van der Waals surface area contributed by atoms with Crippen molar-refractivity contribution >= 4 is 17.4 Å². The summed E-state index contributed by atoms with van der Waals surface area (Å²) in [7, 11) is 0. The number of Topliss-reactive ketones (excluding diaryl/α,β-unsaturated/α-hetero) is 1. The molecule has 0 radical (unpaired) electrons. The molecule has 0 spiro atoms. The topological polar surface area (TPSA) is 46.5 Å². The highest BCUT2D eigenvalue weighted by atomic mass is 35.5. The van der Waals surface area contributed by atoms with Crippen LogP contribution in [0.2, 0.25) is 5.02 Å². The predicted octanol–water partition coefficient (Wildman–Crippen LogP) is 3.83. The number of benzene rings is 2. The van der Waals surface area contributed by atoms with E-state index in [1.165, 1.54) is 24.3 Å². The monoisotopic (exact) mass is 292 g/mol. The van der Waals surface area contributed by atoms with E-state index in [1.807, 2.05) is 0 Å². The number of phenols is 1. The first-order valence-corrected chi connectivity index (χ1v) is 6.37. The van der Waals surface area contributed by atoms with Gasteiger partial charge in [-0.2, -0.15) is 4.39 Å². The average molecular weight is 293 g/mol. The fraction of sp³-hybridized carbons (Fsp3) is 0.133. The molecule has 102 valence electrons. The molecule has 0 fully saturated rings. The Labute approximate surface area is 119 Å². The van der Waals surface area contributed by atoms with E-state index in [0.717, 1.165) is 0 Å². The lowest BCUT2D eigenvalue weighted by atomic mass is 9.94. The summed E-state index contributed by atoms with van der Waals surface area (Å²) in [6.45, 7) is 0. The number of hydrogen-bond donors (Lipinski definition) is 1. The Morgan fingerprint density at radius 2 is 1.90 bits per heavy atom. The van der Waals surface area contributed by atoms with Crippen LogP contribution in [-0.4, -0.2) is 10.9 Å². The van der Waals surface area contributed by atoms with E-state index in [2.05, 4.69) is 0 Å². The third-order valence-electron chi connectivity index (χ3n) is 3.23. The predicted molar refractivity (Wildman–Crippen MR) is 71.9 cm³/mol. The van der Waals surface area contributed by atoms with Crippen LogP contribution in [0.4, 0.5) is 4.39 Å². The molecule has 5 heteroatoms. The summed E-state index contributed by atoms with van der Waals surface area (Å²) in [6.07, 6.45) is -0.425. The summed E-state index contributed by atoms with van der Waals surface area (Å²) in [5.41, 5.74) is 0.412. The first-order chi connectivity index (χ1) is 9.51. The van der Waals surface area contributed by atoms with E-state index in [1.54, 1.807) is 18.2 Å². The highest BCUT2D eigenvalue weighted by Crippen LogP contribution is 2.46. The van der Waals surface area contributed by atoms with Gasteiger partial charge in [-0.25, -0.2) is 0 Å². The van der Waals surface area contributed by atoms with Crippen LogP contribution in [0, 0.1) is 0 Å². The van der Waals surface area contributed by atoms with Crippen molar-refractivity contribution in [3.05, 3.63) is 58.6 Å². The summed E-state index contributed by atoms with van der Waals surface area (Å²) in [6, 6.07) is 10.8. The number of rotatable bonds is 1. The van der Waals surface area contributed by atoms with Crippen molar-refractivity contribution in [1.29, 1.82) is 0 Å². The molecule has 0 amide bonds. The highest BCUT2D eigenvalue weighted by Gasteiger charge is 2.43. The third kappa shape index (κ3) is 1.93. The van der Waals surface area contributed by atoms with Crippen LogP contribution in [0.3, 0.4) is 0 Å². The van der Waals surface area contributed by atoms with Crippen molar-refractivity contribution in [1.82, 2.24) is 0 Å². The van der Waals surface area contributed by atoms with Crippen LogP contribution in [0.1, 0.15) is 22.3 Å². The summed E-state index contributed by atoms with van der Waals surface area (Å²) in [4.78, 5) is 12.1. The summed E-state index contributed by atoms with van der Waals surface area (Å²) in [5.74, 6) is -3.06. The summed E-state index contributed by atoms with van der Waals surface area (Å²) < 4.78 is 20.3. The highest BCUT2D eigenvalue weighted by molar-refractivity contribution is 6.34. The first kappa shape index (κ1) is 12.9. The molecule has 3 nitrogen and oxygen atoms in total. The van der Waals surface area contributed by atoms with E-state index in [9.17, 15) is 14.3 Å². The second kappa shape index (κ2) is 4.49. The van der Waals surface area contributed by atoms with Crippen LogP contribution >= 0.6 is 11.6 Å². The van der Waals surface area contributed by atoms with Gasteiger partial charge in [0, 0.05) is 5.56 Å². The van der Waals surface area contributed by atoms with Gasteiger partial charge in [-0.1, -0.05) is 41.9 Å². The molecule has 0 aliphatic carbocycles. The fourth-order valence-electron chi connectivity index (χ4n) is 2.21. The Bertz CT molecular complexity index is 687. The van der Waals surface area contributed by atoms with Gasteiger partial charge in [0.15, 0.2) is 11.5 Å². The Kier molecular flexibility index (Phi) is 2.91. The molecule has 0 bridgehead atoms. The smallest absolute Gasteiger partial charge is 0.281 e. The molecule has 2 aromatic carbocycles. The van der Waals surface area contributed by atoms with Gasteiger partial charge >= 0.3 is 0 Å². The van der Waals surface area contributed by atoms with E-state index >= 15 is 0 Å². The molecule has 1 heterocycles. The third-order valence-corrected chi connectivity index (χ3v) is 3.60. The van der Waals surface area contributed by atoms with Crippen molar-refractivity contribution in [2.24, 2.45) is 0 Å². The molecule has 1 atom stereocenters. The quantitative estimate of drug-likeness (QED) is 0.869. The Hall–Kier alpha value is -2.07. The number of halogens is 2. The number of carbonyl (C=O) groups is 1. The van der Waals surface area contributed by atoms with Crippen LogP contribution in [0.5, 0.6) is 11.5 Å². The van der Waals surface area contributed by atoms with Crippen LogP contribution < -0.4 is 4.74 Å². The van der Waals surface area contributed by atoms with Gasteiger partial charge in [0.05, 0.1) is 12.0 Å². The van der Waals surface area contributed by atoms with Gasteiger partial charge in [-0.3, -0.25) is 4.79 Å². The lowest BCUT2D eigenvalue weighted by Gasteiger charge is -2.32. The molecular formula is C15H10ClFO3. The summed E-state index contributed by atoms with van der Waals surface area (Å²) in [5, 5.41) is 9.40. The molecule has 0 aromatic heterocycles. The van der Waals surface area contributed by atoms with Crippen LogP contribution in [0.15, 0.2) is 42.5 Å². The van der Waals surface area contributed by atoms with E-state index in [0.29, 0.717) is 0 Å². The SMILES string of the molecule is O=C1CC(F)(c2ccccc2)Oc2c1ccc(O)c2Cl. The lowest BCUT2D eigenvalue weighted by Crippen LogP contribution is -2.35. The molecular weight excluding hydrogens is 283 g/mol. The zero-order valence-electron chi connectivity index (χ0n) is 10.3. The largest absolute Gasteiger partial charge is 0.506 e. The Balaban J connectivity index is 2.13. The van der Waals surface area contributed by atoms with E-state index < -0.39 is 18.1 Å². The van der Waals surface area contributed by atoms with Gasteiger partial charge in [0.2, 0.25) is 0 Å². The number of aromatic hydroxyl groups is 1. The number of carbonyl (C=O) groups excluding carboxylic acids is 1. The fourth-order valence-corrected chi connectivity index (χ4v) is 2.42. The molecule has 0 saturated heterocycles. The molecule has 1 aliphatic heterocycles. The molecule has 1 unspecified atom stereocenters. The van der Waals surface area contributed by atoms with Crippen molar-refractivity contribution < 1.29 is 19.0 Å². The average Bonchev–Trinajstić information content (AvgIpc) is 2.44. The first-order valence-electron chi connectivity index (χ1n) is 5.99. The van der Waals surface area contributed by atoms with Crippen LogP contribution in [0.25, 0.3) is 0 Å². The maximum atomic E-state index is 15.0. The minimum Gasteiger partial charge on any atom is -0.506 e. The van der Waals surface area contributed by atoms with E-state index in [-0.39, 0.29) is 27.6 Å². The normalized spacial score (nSPS) is 21.2. The zero-order chi connectivity index (χ0) is 14.3. The maximum absolute atomic E-state index is 15.0. The zero-order valence-corrected chi connectivity index (χ0v) is 11.0. The van der Waals surface area contributed by atoms with Crippen molar-refractivity contribution in [3.8, 4) is 11.5 Å². The second-order valence-electron chi connectivity index (χ2n) is 4.57. The Morgan fingerprint density at radius 1 is 1.20 bits per heavy atom. The van der Waals surface area contributed by atoms with Gasteiger partial charge in [0.25, 0.3) is 5.85 Å². The molecule has 20 heavy (non-hydrogen) atoms. The van der Waals surface area contributed by atoms with Gasteiger partial charge in [-0.15, -0.1) is 0 Å². The minimum atomic E-state index is -2.28. The number of ketones is 1. The standard InChI is InChI=1S/C15H10ClFO3/c16-13-11(18)7-6-10-12(19)8-15(17,20-14(10)13)9-4-2-1-3-5-9/h1-7,18H,8H2. The number of alkyl halides is 1. The molecule has 0 saturated carbocycles. The van der Waals surface area contributed by atoms with Gasteiger partial charge < -0.3 is 9.84 Å². The number of ether oxygens (including phenoxy) is 1. The van der Waals surface area contributed by atoms with Crippen molar-refractivity contribution in [3.63, 3.8) is 0 Å². The van der Waals surface area contributed by atoms with Crippen LogP contribution in [-0.2, 0) is 5.85 Å². The molecule has 1 aliphatic rings. The number of hydrogen-bond acceptors (Lipinski definition) is 3. The van der Waals surface area contributed by atoms with Crippen molar-refractivity contribution in [2.75, 3.05) is 0 Å². The molecule has 1 N–H and O–H groups in total. The number of phenolic OH excluding ortho intramolecular Hbond substituents is 1.